The highest BCUT2D eigenvalue weighted by atomic mass is 19.2. The van der Waals surface area contributed by atoms with E-state index < -0.39 is 11.6 Å². The fourth-order valence-electron chi connectivity index (χ4n) is 3.68. The van der Waals surface area contributed by atoms with Crippen LogP contribution in [0.5, 0.6) is 5.75 Å². The second kappa shape index (κ2) is 11.0. The summed E-state index contributed by atoms with van der Waals surface area (Å²) in [7, 11) is 0. The Morgan fingerprint density at radius 2 is 1.42 bits per heavy atom. The second-order valence-corrected chi connectivity index (χ2v) is 7.75. The topological polar surface area (TPSA) is 9.23 Å². The van der Waals surface area contributed by atoms with E-state index in [9.17, 15) is 13.2 Å². The zero-order valence-corrected chi connectivity index (χ0v) is 18.2. The van der Waals surface area contributed by atoms with Gasteiger partial charge in [0, 0.05) is 5.56 Å². The lowest BCUT2D eigenvalue weighted by Gasteiger charge is -2.10. The van der Waals surface area contributed by atoms with Gasteiger partial charge in [-0.2, -0.15) is 4.39 Å². The van der Waals surface area contributed by atoms with Crippen molar-refractivity contribution in [3.63, 3.8) is 0 Å². The summed E-state index contributed by atoms with van der Waals surface area (Å²) in [4.78, 5) is 0. The Balaban J connectivity index is 1.64. The van der Waals surface area contributed by atoms with Gasteiger partial charge in [-0.05, 0) is 73.1 Å². The van der Waals surface area contributed by atoms with E-state index in [1.807, 2.05) is 24.3 Å². The lowest BCUT2D eigenvalue weighted by Crippen LogP contribution is -1.99. The molecular weight excluding hydrogens is 397 g/mol. The number of ether oxygens (including phenoxy) is 1. The molecule has 0 radical (unpaired) electrons. The molecule has 0 saturated carbocycles. The largest absolute Gasteiger partial charge is 0.491 e. The van der Waals surface area contributed by atoms with Crippen molar-refractivity contribution >= 4 is 0 Å². The van der Waals surface area contributed by atoms with E-state index in [0.717, 1.165) is 55.2 Å². The quantitative estimate of drug-likeness (QED) is 0.302. The molecule has 0 aliphatic heterocycles. The minimum atomic E-state index is -0.969. The average molecular weight is 427 g/mol. The molecule has 0 amide bonds. The van der Waals surface area contributed by atoms with Gasteiger partial charge in [-0.3, -0.25) is 0 Å². The molecule has 1 nitrogen and oxygen atoms in total. The highest BCUT2D eigenvalue weighted by molar-refractivity contribution is 5.65. The summed E-state index contributed by atoms with van der Waals surface area (Å²) < 4.78 is 48.0. The SMILES string of the molecule is CCCCCc1ccc(CCc2ccc(-c3ccc(OCC)c(F)c3F)cc2)cc1F. The van der Waals surface area contributed by atoms with Crippen LogP contribution in [0.15, 0.2) is 54.6 Å². The molecule has 164 valence electrons. The van der Waals surface area contributed by atoms with Crippen LogP contribution in [0.4, 0.5) is 13.2 Å². The van der Waals surface area contributed by atoms with Crippen LogP contribution in [-0.2, 0) is 19.3 Å². The fraction of sp³-hybridized carbons (Fsp3) is 0.333. The molecule has 0 heterocycles. The molecule has 0 saturated heterocycles. The van der Waals surface area contributed by atoms with Crippen molar-refractivity contribution in [2.45, 2.75) is 52.4 Å². The summed E-state index contributed by atoms with van der Waals surface area (Å²) in [6, 6.07) is 15.9. The number of hydrogen-bond donors (Lipinski definition) is 0. The normalized spacial score (nSPS) is 11.0. The smallest absolute Gasteiger partial charge is 0.201 e. The first-order valence-corrected chi connectivity index (χ1v) is 11.0. The molecule has 3 aromatic rings. The van der Waals surface area contributed by atoms with Crippen LogP contribution >= 0.6 is 0 Å². The van der Waals surface area contributed by atoms with Crippen LogP contribution in [0.1, 0.15) is 49.8 Å². The number of aryl methyl sites for hydroxylation is 3. The molecule has 0 unspecified atom stereocenters. The fourth-order valence-corrected chi connectivity index (χ4v) is 3.68. The first-order chi connectivity index (χ1) is 15.0. The summed E-state index contributed by atoms with van der Waals surface area (Å²) >= 11 is 0. The molecule has 0 spiro atoms. The Morgan fingerprint density at radius 1 is 0.710 bits per heavy atom. The van der Waals surface area contributed by atoms with Crippen molar-refractivity contribution in [1.82, 2.24) is 0 Å². The summed E-state index contributed by atoms with van der Waals surface area (Å²) in [5, 5.41) is 0. The molecular formula is C27H29F3O. The van der Waals surface area contributed by atoms with Crippen molar-refractivity contribution in [2.24, 2.45) is 0 Å². The van der Waals surface area contributed by atoms with Crippen molar-refractivity contribution in [2.75, 3.05) is 6.61 Å². The lowest BCUT2D eigenvalue weighted by molar-refractivity contribution is 0.314. The highest BCUT2D eigenvalue weighted by Crippen LogP contribution is 2.30. The predicted octanol–water partition coefficient (Wildman–Crippen LogP) is 7.69. The van der Waals surface area contributed by atoms with Gasteiger partial charge in [-0.1, -0.05) is 56.2 Å². The van der Waals surface area contributed by atoms with Gasteiger partial charge in [0.05, 0.1) is 6.61 Å². The van der Waals surface area contributed by atoms with Crippen molar-refractivity contribution < 1.29 is 17.9 Å². The maximum absolute atomic E-state index is 14.4. The Labute approximate surface area is 182 Å². The maximum Gasteiger partial charge on any atom is 0.201 e. The Kier molecular flexibility index (Phi) is 8.16. The number of unbranched alkanes of at least 4 members (excludes halogenated alkanes) is 2. The van der Waals surface area contributed by atoms with E-state index in [1.165, 1.54) is 12.1 Å². The van der Waals surface area contributed by atoms with Crippen LogP contribution in [0.3, 0.4) is 0 Å². The first kappa shape index (κ1) is 22.9. The summed E-state index contributed by atoms with van der Waals surface area (Å²) in [6.07, 6.45) is 5.50. The van der Waals surface area contributed by atoms with Gasteiger partial charge in [0.25, 0.3) is 0 Å². The van der Waals surface area contributed by atoms with Gasteiger partial charge in [0.15, 0.2) is 11.6 Å². The molecule has 0 aliphatic carbocycles. The van der Waals surface area contributed by atoms with Crippen molar-refractivity contribution in [3.8, 4) is 16.9 Å². The van der Waals surface area contributed by atoms with Crippen LogP contribution in [0.25, 0.3) is 11.1 Å². The van der Waals surface area contributed by atoms with E-state index in [2.05, 4.69) is 6.92 Å². The second-order valence-electron chi connectivity index (χ2n) is 7.75. The predicted molar refractivity (Wildman–Crippen MR) is 120 cm³/mol. The number of benzene rings is 3. The zero-order chi connectivity index (χ0) is 22.2. The summed E-state index contributed by atoms with van der Waals surface area (Å²) in [6.45, 7) is 4.13. The van der Waals surface area contributed by atoms with E-state index >= 15 is 0 Å². The number of halogens is 3. The van der Waals surface area contributed by atoms with Gasteiger partial charge in [-0.25, -0.2) is 8.78 Å². The van der Waals surface area contributed by atoms with Crippen LogP contribution in [0, 0.1) is 17.5 Å². The van der Waals surface area contributed by atoms with Gasteiger partial charge in [-0.15, -0.1) is 0 Å². The van der Waals surface area contributed by atoms with E-state index in [4.69, 9.17) is 4.74 Å². The molecule has 0 aromatic heterocycles. The third kappa shape index (κ3) is 5.90. The summed E-state index contributed by atoms with van der Waals surface area (Å²) in [5.74, 6) is -2.09. The molecule has 3 aromatic carbocycles. The maximum atomic E-state index is 14.4. The van der Waals surface area contributed by atoms with E-state index in [1.54, 1.807) is 25.1 Å². The van der Waals surface area contributed by atoms with Crippen LogP contribution < -0.4 is 4.74 Å². The van der Waals surface area contributed by atoms with Crippen LogP contribution in [-0.4, -0.2) is 6.61 Å². The highest BCUT2D eigenvalue weighted by Gasteiger charge is 2.15. The molecule has 0 bridgehead atoms. The Bertz CT molecular complexity index is 996. The molecule has 0 N–H and O–H groups in total. The molecule has 31 heavy (non-hydrogen) atoms. The van der Waals surface area contributed by atoms with E-state index in [-0.39, 0.29) is 23.7 Å². The van der Waals surface area contributed by atoms with Gasteiger partial charge >= 0.3 is 0 Å². The third-order valence-corrected chi connectivity index (χ3v) is 5.48. The van der Waals surface area contributed by atoms with Gasteiger partial charge in [0.2, 0.25) is 5.82 Å². The minimum absolute atomic E-state index is 0.0796. The van der Waals surface area contributed by atoms with Gasteiger partial charge in [0.1, 0.15) is 5.82 Å². The number of hydrogen-bond acceptors (Lipinski definition) is 1. The first-order valence-electron chi connectivity index (χ1n) is 11.0. The monoisotopic (exact) mass is 426 g/mol. The Hall–Kier alpha value is -2.75. The van der Waals surface area contributed by atoms with Crippen LogP contribution in [0.2, 0.25) is 0 Å². The van der Waals surface area contributed by atoms with E-state index in [0.29, 0.717) is 5.56 Å². The third-order valence-electron chi connectivity index (χ3n) is 5.48. The van der Waals surface area contributed by atoms with Gasteiger partial charge < -0.3 is 4.74 Å². The zero-order valence-electron chi connectivity index (χ0n) is 18.2. The van der Waals surface area contributed by atoms with Crippen molar-refractivity contribution in [1.29, 1.82) is 0 Å². The van der Waals surface area contributed by atoms with Crippen molar-refractivity contribution in [3.05, 3.63) is 88.7 Å². The average Bonchev–Trinajstić information content (AvgIpc) is 2.78. The minimum Gasteiger partial charge on any atom is -0.491 e. The summed E-state index contributed by atoms with van der Waals surface area (Å²) in [5.41, 5.74) is 3.61. The Morgan fingerprint density at radius 3 is 2.10 bits per heavy atom. The standard InChI is InChI=1S/C27H29F3O/c1-3-5-6-7-22-15-12-20(18-24(22)28)9-8-19-10-13-21(14-11-19)23-16-17-25(31-4-2)27(30)26(23)29/h10-18H,3-9H2,1-2H3. The molecule has 0 atom stereocenters. The molecule has 4 heteroatoms. The molecule has 0 aliphatic rings. The molecule has 0 fully saturated rings. The molecule has 3 rings (SSSR count). The number of rotatable bonds is 10. The lowest BCUT2D eigenvalue weighted by atomic mass is 9.98.